The maximum Gasteiger partial charge on any atom is 0.345 e. The van der Waals surface area contributed by atoms with Crippen LogP contribution in [0.25, 0.3) is 0 Å². The second kappa shape index (κ2) is 3.31. The molecule has 1 aromatic rings. The first kappa shape index (κ1) is 9.02. The summed E-state index contributed by atoms with van der Waals surface area (Å²) in [6.07, 6.45) is -1.59. The van der Waals surface area contributed by atoms with Gasteiger partial charge in [0.15, 0.2) is 6.10 Å². The van der Waals surface area contributed by atoms with E-state index in [1.807, 2.05) is 0 Å². The van der Waals surface area contributed by atoms with E-state index in [0.29, 0.717) is 11.3 Å². The zero-order valence-corrected chi connectivity index (χ0v) is 7.38. The Labute approximate surface area is 80.7 Å². The van der Waals surface area contributed by atoms with Gasteiger partial charge in [-0.15, -0.1) is 0 Å². The average molecular weight is 194 g/mol. The minimum absolute atomic E-state index is 0.104. The number of aliphatic hydroxyl groups is 1. The van der Waals surface area contributed by atoms with Crippen LogP contribution in [0.3, 0.4) is 0 Å². The summed E-state index contributed by atoms with van der Waals surface area (Å²) in [4.78, 5) is 10.7. The molecular weight excluding hydrogens is 184 g/mol. The van der Waals surface area contributed by atoms with Gasteiger partial charge < -0.3 is 14.9 Å². The normalized spacial score (nSPS) is 24.9. The van der Waals surface area contributed by atoms with Gasteiger partial charge in [0.1, 0.15) is 5.75 Å². The van der Waals surface area contributed by atoms with Crippen LogP contribution in [0.4, 0.5) is 0 Å². The predicted octanol–water partition coefficient (Wildman–Crippen LogP) is 0.956. The monoisotopic (exact) mass is 194 g/mol. The van der Waals surface area contributed by atoms with E-state index >= 15 is 0 Å². The molecule has 2 N–H and O–H groups in total. The third-order valence-corrected chi connectivity index (χ3v) is 2.26. The van der Waals surface area contributed by atoms with Crippen molar-refractivity contribution in [2.24, 2.45) is 0 Å². The van der Waals surface area contributed by atoms with E-state index < -0.39 is 18.2 Å². The minimum atomic E-state index is -1.04. The Morgan fingerprint density at radius 2 is 2.14 bits per heavy atom. The molecule has 1 aliphatic rings. The lowest BCUT2D eigenvalue weighted by molar-refractivity contribution is -0.147. The number of aliphatic carboxylic acids is 1. The third-order valence-electron chi connectivity index (χ3n) is 2.26. The van der Waals surface area contributed by atoms with Crippen LogP contribution in [-0.2, 0) is 4.79 Å². The van der Waals surface area contributed by atoms with E-state index in [4.69, 9.17) is 9.84 Å². The lowest BCUT2D eigenvalue weighted by atomic mass is 9.99. The first-order valence-corrected chi connectivity index (χ1v) is 4.35. The molecule has 0 amide bonds. The molecule has 0 aromatic heterocycles. The number of rotatable bonds is 1. The van der Waals surface area contributed by atoms with Crippen LogP contribution < -0.4 is 4.74 Å². The van der Waals surface area contributed by atoms with E-state index in [1.165, 1.54) is 0 Å². The van der Waals surface area contributed by atoms with Crippen LogP contribution in [-0.4, -0.2) is 22.3 Å². The van der Waals surface area contributed by atoms with Crippen molar-refractivity contribution in [3.8, 4) is 5.75 Å². The van der Waals surface area contributed by atoms with Gasteiger partial charge in [0.25, 0.3) is 0 Å². The van der Waals surface area contributed by atoms with Crippen molar-refractivity contribution in [1.82, 2.24) is 0 Å². The summed E-state index contributed by atoms with van der Waals surface area (Å²) in [6, 6.07) is 6.92. The first-order valence-electron chi connectivity index (χ1n) is 4.35. The molecule has 2 atom stereocenters. The van der Waals surface area contributed by atoms with Crippen molar-refractivity contribution in [1.29, 1.82) is 0 Å². The molecule has 0 fully saturated rings. The lowest BCUT2D eigenvalue weighted by Crippen LogP contribution is -2.32. The number of fused-ring (bicyclic) bond motifs is 1. The van der Waals surface area contributed by atoms with E-state index in [-0.39, 0.29) is 6.42 Å². The van der Waals surface area contributed by atoms with Crippen LogP contribution in [0.5, 0.6) is 5.75 Å². The maximum atomic E-state index is 10.7. The number of aliphatic hydroxyl groups excluding tert-OH is 1. The number of hydrogen-bond acceptors (Lipinski definition) is 3. The average Bonchev–Trinajstić information content (AvgIpc) is 2.17. The number of hydrogen-bond donors (Lipinski definition) is 2. The van der Waals surface area contributed by atoms with E-state index in [2.05, 4.69) is 0 Å². The van der Waals surface area contributed by atoms with Crippen molar-refractivity contribution < 1.29 is 19.7 Å². The van der Waals surface area contributed by atoms with Crippen molar-refractivity contribution in [2.75, 3.05) is 0 Å². The standard InChI is InChI=1S/C10H10O4/c11-7-5-9(10(12)13)14-8-4-2-1-3-6(7)8/h1-4,7,9,11H,5H2,(H,12,13). The van der Waals surface area contributed by atoms with Crippen LogP contribution in [0.2, 0.25) is 0 Å². The third kappa shape index (κ3) is 1.44. The molecule has 2 unspecified atom stereocenters. The highest BCUT2D eigenvalue weighted by Crippen LogP contribution is 2.34. The van der Waals surface area contributed by atoms with Gasteiger partial charge in [-0.25, -0.2) is 4.79 Å². The topological polar surface area (TPSA) is 66.8 Å². The Morgan fingerprint density at radius 1 is 1.43 bits per heavy atom. The largest absolute Gasteiger partial charge is 0.479 e. The van der Waals surface area contributed by atoms with Crippen molar-refractivity contribution in [3.05, 3.63) is 29.8 Å². The molecule has 1 aromatic carbocycles. The number of carboxylic acid groups (broad SMARTS) is 1. The molecule has 0 aliphatic carbocycles. The molecule has 4 heteroatoms. The molecule has 14 heavy (non-hydrogen) atoms. The fraction of sp³-hybridized carbons (Fsp3) is 0.300. The highest BCUT2D eigenvalue weighted by Gasteiger charge is 2.30. The number of para-hydroxylation sites is 1. The Balaban J connectivity index is 2.33. The van der Waals surface area contributed by atoms with Crippen LogP contribution in [0.15, 0.2) is 24.3 Å². The molecule has 2 rings (SSSR count). The van der Waals surface area contributed by atoms with Gasteiger partial charge in [-0.05, 0) is 6.07 Å². The second-order valence-corrected chi connectivity index (χ2v) is 3.23. The number of ether oxygens (including phenoxy) is 1. The van der Waals surface area contributed by atoms with Crippen LogP contribution >= 0.6 is 0 Å². The molecular formula is C10H10O4. The Hall–Kier alpha value is -1.55. The van der Waals surface area contributed by atoms with Gasteiger partial charge in [-0.2, -0.15) is 0 Å². The molecule has 0 spiro atoms. The summed E-state index contributed by atoms with van der Waals surface area (Å²) in [5, 5.41) is 18.4. The smallest absolute Gasteiger partial charge is 0.345 e. The van der Waals surface area contributed by atoms with Crippen LogP contribution in [0, 0.1) is 0 Å². The molecule has 0 saturated carbocycles. The molecule has 0 radical (unpaired) electrons. The Bertz CT molecular complexity index is 361. The molecule has 0 saturated heterocycles. The molecule has 1 aliphatic heterocycles. The summed E-state index contributed by atoms with van der Waals surface area (Å²) in [5.41, 5.74) is 0.657. The first-order chi connectivity index (χ1) is 6.68. The van der Waals surface area contributed by atoms with Gasteiger partial charge in [0.05, 0.1) is 6.10 Å². The zero-order chi connectivity index (χ0) is 10.1. The minimum Gasteiger partial charge on any atom is -0.479 e. The fourth-order valence-electron chi connectivity index (χ4n) is 1.55. The SMILES string of the molecule is O=C(O)C1CC(O)c2ccccc2O1. The number of carboxylic acids is 1. The summed E-state index contributed by atoms with van der Waals surface area (Å²) < 4.78 is 5.20. The number of carbonyl (C=O) groups is 1. The summed E-state index contributed by atoms with van der Waals surface area (Å²) >= 11 is 0. The van der Waals surface area contributed by atoms with Gasteiger partial charge >= 0.3 is 5.97 Å². The second-order valence-electron chi connectivity index (χ2n) is 3.23. The van der Waals surface area contributed by atoms with Crippen LogP contribution in [0.1, 0.15) is 18.1 Å². The number of benzene rings is 1. The predicted molar refractivity (Wildman–Crippen MR) is 48.1 cm³/mol. The fourth-order valence-corrected chi connectivity index (χ4v) is 1.55. The van der Waals surface area contributed by atoms with Gasteiger partial charge in [0.2, 0.25) is 0 Å². The van der Waals surface area contributed by atoms with Gasteiger partial charge in [-0.1, -0.05) is 18.2 Å². The van der Waals surface area contributed by atoms with E-state index in [1.54, 1.807) is 24.3 Å². The zero-order valence-electron chi connectivity index (χ0n) is 7.38. The summed E-state index contributed by atoms with van der Waals surface area (Å²) in [5.74, 6) is -0.586. The van der Waals surface area contributed by atoms with Crippen molar-refractivity contribution in [2.45, 2.75) is 18.6 Å². The Morgan fingerprint density at radius 3 is 2.86 bits per heavy atom. The maximum absolute atomic E-state index is 10.7. The quantitative estimate of drug-likeness (QED) is 0.698. The van der Waals surface area contributed by atoms with E-state index in [0.717, 1.165) is 0 Å². The van der Waals surface area contributed by atoms with Crippen molar-refractivity contribution in [3.63, 3.8) is 0 Å². The molecule has 1 heterocycles. The lowest BCUT2D eigenvalue weighted by Gasteiger charge is -2.26. The highest BCUT2D eigenvalue weighted by molar-refractivity contribution is 5.73. The molecule has 0 bridgehead atoms. The summed E-state index contributed by atoms with van der Waals surface area (Å²) in [7, 11) is 0. The van der Waals surface area contributed by atoms with Gasteiger partial charge in [0, 0.05) is 12.0 Å². The van der Waals surface area contributed by atoms with E-state index in [9.17, 15) is 9.90 Å². The van der Waals surface area contributed by atoms with Crippen molar-refractivity contribution >= 4 is 5.97 Å². The summed E-state index contributed by atoms with van der Waals surface area (Å²) in [6.45, 7) is 0. The highest BCUT2D eigenvalue weighted by atomic mass is 16.5. The Kier molecular flexibility index (Phi) is 2.13. The molecule has 4 nitrogen and oxygen atoms in total. The molecule has 74 valence electrons. The van der Waals surface area contributed by atoms with Gasteiger partial charge in [-0.3, -0.25) is 0 Å².